The monoisotopic (exact) mass is 423 g/mol. The molecule has 3 aromatic heterocycles. The minimum Gasteiger partial charge on any atom is -0.477 e. The first kappa shape index (κ1) is 19.1. The Morgan fingerprint density at radius 1 is 1.03 bits per heavy atom. The average Bonchev–Trinajstić information content (AvgIpc) is 3.41. The van der Waals surface area contributed by atoms with Gasteiger partial charge in [-0.05, 0) is 74.3 Å². The molecule has 0 radical (unpaired) electrons. The third-order valence-corrected chi connectivity index (χ3v) is 6.00. The van der Waals surface area contributed by atoms with E-state index in [4.69, 9.17) is 11.6 Å². The maximum atomic E-state index is 12.0. The molecule has 0 atom stereocenters. The van der Waals surface area contributed by atoms with Gasteiger partial charge in [-0.3, -0.25) is 9.30 Å². The van der Waals surface area contributed by atoms with Crippen molar-refractivity contribution < 1.29 is 9.90 Å². The summed E-state index contributed by atoms with van der Waals surface area (Å²) in [6.45, 7) is 5.37. The molecule has 1 aromatic carbocycles. The van der Waals surface area contributed by atoms with Crippen molar-refractivity contribution in [2.75, 3.05) is 13.1 Å². The van der Waals surface area contributed by atoms with Crippen molar-refractivity contribution in [2.24, 2.45) is 0 Å². The first-order valence-corrected chi connectivity index (χ1v) is 10.5. The highest BCUT2D eigenvalue weighted by Crippen LogP contribution is 2.26. The second-order valence-corrected chi connectivity index (χ2v) is 8.35. The second-order valence-electron chi connectivity index (χ2n) is 7.92. The van der Waals surface area contributed by atoms with E-state index in [0.717, 1.165) is 47.6 Å². The van der Waals surface area contributed by atoms with Gasteiger partial charge in [0.1, 0.15) is 11.5 Å². The van der Waals surface area contributed by atoms with Crippen LogP contribution in [-0.4, -0.2) is 48.2 Å². The standard InChI is InChI=1S/C22H22ClN5O2/c1-14-24-25-21-5-4-18-19(28(14)21)11-20(22(29)30)27(18)13-16-8-15(9-17(23)10-16)12-26-6-2-3-7-26/h4-5,8-11H,2-3,6-7,12-13H2,1H3,(H,29,30). The van der Waals surface area contributed by atoms with E-state index >= 15 is 0 Å². The van der Waals surface area contributed by atoms with E-state index in [1.165, 1.54) is 12.8 Å². The Labute approximate surface area is 178 Å². The van der Waals surface area contributed by atoms with Crippen LogP contribution in [0.3, 0.4) is 0 Å². The van der Waals surface area contributed by atoms with Gasteiger partial charge in [-0.15, -0.1) is 10.2 Å². The maximum absolute atomic E-state index is 12.0. The summed E-state index contributed by atoms with van der Waals surface area (Å²) >= 11 is 6.42. The van der Waals surface area contributed by atoms with Gasteiger partial charge in [-0.2, -0.15) is 0 Å². The highest BCUT2D eigenvalue weighted by molar-refractivity contribution is 6.30. The van der Waals surface area contributed by atoms with Crippen molar-refractivity contribution in [1.82, 2.24) is 24.1 Å². The van der Waals surface area contributed by atoms with Gasteiger partial charge in [-0.1, -0.05) is 17.7 Å². The molecule has 1 aliphatic heterocycles. The zero-order valence-electron chi connectivity index (χ0n) is 16.7. The summed E-state index contributed by atoms with van der Waals surface area (Å²) in [6, 6.07) is 11.5. The average molecular weight is 424 g/mol. The summed E-state index contributed by atoms with van der Waals surface area (Å²) in [4.78, 5) is 14.4. The Morgan fingerprint density at radius 3 is 2.50 bits per heavy atom. The third-order valence-electron chi connectivity index (χ3n) is 5.78. The summed E-state index contributed by atoms with van der Waals surface area (Å²) in [5.74, 6) is -0.246. The predicted octanol–water partition coefficient (Wildman–Crippen LogP) is 3.99. The van der Waals surface area contributed by atoms with Gasteiger partial charge in [-0.25, -0.2) is 4.79 Å². The van der Waals surface area contributed by atoms with Gasteiger partial charge in [0.2, 0.25) is 0 Å². The van der Waals surface area contributed by atoms with Crippen molar-refractivity contribution in [2.45, 2.75) is 32.9 Å². The van der Waals surface area contributed by atoms with Crippen molar-refractivity contribution in [1.29, 1.82) is 0 Å². The SMILES string of the molecule is Cc1nnc2ccc3c(cc(C(=O)O)n3Cc3cc(Cl)cc(CN4CCCC4)c3)n12. The highest BCUT2D eigenvalue weighted by Gasteiger charge is 2.19. The Bertz CT molecular complexity index is 1270. The minimum absolute atomic E-state index is 0.228. The van der Waals surface area contributed by atoms with Gasteiger partial charge in [0, 0.05) is 18.1 Å². The summed E-state index contributed by atoms with van der Waals surface area (Å²) in [6.07, 6.45) is 2.48. The summed E-state index contributed by atoms with van der Waals surface area (Å²) in [7, 11) is 0. The highest BCUT2D eigenvalue weighted by atomic mass is 35.5. The topological polar surface area (TPSA) is 75.7 Å². The molecule has 8 heteroatoms. The molecule has 0 bridgehead atoms. The van der Waals surface area contributed by atoms with Crippen molar-refractivity contribution in [3.63, 3.8) is 0 Å². The van der Waals surface area contributed by atoms with E-state index in [2.05, 4.69) is 21.2 Å². The number of halogens is 1. The van der Waals surface area contributed by atoms with Gasteiger partial charge < -0.3 is 9.67 Å². The number of benzene rings is 1. The van der Waals surface area contributed by atoms with Crippen LogP contribution in [0.4, 0.5) is 0 Å². The van der Waals surface area contributed by atoms with Crippen molar-refractivity contribution in [3.05, 3.63) is 64.1 Å². The number of aryl methyl sites for hydroxylation is 1. The molecular formula is C22H22ClN5O2. The zero-order chi connectivity index (χ0) is 20.8. The number of aromatic nitrogens is 4. The van der Waals surface area contributed by atoms with Gasteiger partial charge in [0.05, 0.1) is 11.0 Å². The van der Waals surface area contributed by atoms with Crippen LogP contribution in [0.25, 0.3) is 16.7 Å². The minimum atomic E-state index is -0.968. The van der Waals surface area contributed by atoms with E-state index in [0.29, 0.717) is 17.2 Å². The molecule has 0 aliphatic carbocycles. The largest absolute Gasteiger partial charge is 0.477 e. The molecule has 4 aromatic rings. The number of rotatable bonds is 5. The smallest absolute Gasteiger partial charge is 0.352 e. The van der Waals surface area contributed by atoms with Crippen LogP contribution >= 0.6 is 11.6 Å². The maximum Gasteiger partial charge on any atom is 0.352 e. The summed E-state index contributed by atoms with van der Waals surface area (Å²) in [5, 5.41) is 18.8. The van der Waals surface area contributed by atoms with Crippen LogP contribution in [0.2, 0.25) is 5.02 Å². The van der Waals surface area contributed by atoms with Crippen LogP contribution < -0.4 is 0 Å². The fourth-order valence-corrected chi connectivity index (χ4v) is 4.75. The molecule has 30 heavy (non-hydrogen) atoms. The fraction of sp³-hybridized carbons (Fsp3) is 0.318. The van der Waals surface area contributed by atoms with Crippen molar-refractivity contribution in [3.8, 4) is 0 Å². The lowest BCUT2D eigenvalue weighted by atomic mass is 10.1. The van der Waals surface area contributed by atoms with Crippen LogP contribution in [0.15, 0.2) is 36.4 Å². The number of hydrogen-bond donors (Lipinski definition) is 1. The number of nitrogens with zero attached hydrogens (tertiary/aromatic N) is 5. The predicted molar refractivity (Wildman–Crippen MR) is 115 cm³/mol. The Kier molecular flexibility index (Phi) is 4.72. The van der Waals surface area contributed by atoms with Gasteiger partial charge >= 0.3 is 5.97 Å². The van der Waals surface area contributed by atoms with Gasteiger partial charge in [0.15, 0.2) is 5.65 Å². The van der Waals surface area contributed by atoms with E-state index in [9.17, 15) is 9.90 Å². The van der Waals surface area contributed by atoms with Crippen LogP contribution in [0, 0.1) is 6.92 Å². The van der Waals surface area contributed by atoms with E-state index in [-0.39, 0.29) is 5.69 Å². The molecule has 1 fully saturated rings. The third kappa shape index (κ3) is 3.34. The molecule has 154 valence electrons. The van der Waals surface area contributed by atoms with E-state index in [1.807, 2.05) is 40.2 Å². The first-order valence-electron chi connectivity index (χ1n) is 10.1. The lowest BCUT2D eigenvalue weighted by Gasteiger charge is -2.16. The number of pyridine rings is 1. The van der Waals surface area contributed by atoms with E-state index < -0.39 is 5.97 Å². The first-order chi connectivity index (χ1) is 14.5. The number of likely N-dealkylation sites (tertiary alicyclic amines) is 1. The molecule has 7 nitrogen and oxygen atoms in total. The molecule has 1 aliphatic rings. The van der Waals surface area contributed by atoms with Crippen LogP contribution in [-0.2, 0) is 13.1 Å². The van der Waals surface area contributed by atoms with Gasteiger partial charge in [0.25, 0.3) is 0 Å². The molecule has 5 rings (SSSR count). The lowest BCUT2D eigenvalue weighted by molar-refractivity contribution is 0.0686. The second kappa shape index (κ2) is 7.41. The lowest BCUT2D eigenvalue weighted by Crippen LogP contribution is -2.18. The number of aromatic carboxylic acids is 1. The molecule has 0 unspecified atom stereocenters. The quantitative estimate of drug-likeness (QED) is 0.525. The number of carbonyl (C=O) groups is 1. The number of hydrogen-bond acceptors (Lipinski definition) is 4. The zero-order valence-corrected chi connectivity index (χ0v) is 17.4. The Morgan fingerprint density at radius 2 is 1.77 bits per heavy atom. The normalized spacial score (nSPS) is 14.9. The summed E-state index contributed by atoms with van der Waals surface area (Å²) < 4.78 is 3.71. The molecule has 0 amide bonds. The molecule has 0 spiro atoms. The molecule has 1 N–H and O–H groups in total. The molecule has 4 heterocycles. The van der Waals surface area contributed by atoms with Crippen LogP contribution in [0.5, 0.6) is 0 Å². The van der Waals surface area contributed by atoms with Crippen molar-refractivity contribution >= 4 is 34.3 Å². The summed E-state index contributed by atoms with van der Waals surface area (Å²) in [5.41, 5.74) is 4.68. The number of carboxylic acids is 1. The molecule has 1 saturated heterocycles. The Balaban J connectivity index is 1.58. The van der Waals surface area contributed by atoms with Crippen LogP contribution in [0.1, 0.15) is 40.3 Å². The Hall–Kier alpha value is -2.90. The molecule has 0 saturated carbocycles. The number of fused-ring (bicyclic) bond motifs is 3. The van der Waals surface area contributed by atoms with E-state index in [1.54, 1.807) is 6.07 Å². The number of carboxylic acid groups (broad SMARTS) is 1. The molecular weight excluding hydrogens is 402 g/mol. The fourth-order valence-electron chi connectivity index (χ4n) is 4.47.